The van der Waals surface area contributed by atoms with E-state index in [1.165, 1.54) is 6.07 Å². The third kappa shape index (κ3) is 2.31. The van der Waals surface area contributed by atoms with Gasteiger partial charge in [-0.05, 0) is 43.5 Å². The van der Waals surface area contributed by atoms with Crippen LogP contribution in [-0.2, 0) is 6.42 Å². The number of hydrogen-bond acceptors (Lipinski definition) is 1. The molecule has 2 N–H and O–H groups in total. The molecule has 12 heavy (non-hydrogen) atoms. The van der Waals surface area contributed by atoms with Crippen molar-refractivity contribution >= 4 is 0 Å². The number of benzene rings is 1. The standard InChI is InChI=1S/C10H14FN/c1-7-3-4-10(11)6-9(7)5-8(2)12/h3-4,6,8H,5,12H2,1-2H3/t8-/m1/s1. The van der Waals surface area contributed by atoms with E-state index in [1.807, 2.05) is 13.8 Å². The van der Waals surface area contributed by atoms with Gasteiger partial charge in [-0.2, -0.15) is 0 Å². The van der Waals surface area contributed by atoms with Crippen LogP contribution in [0.3, 0.4) is 0 Å². The molecule has 1 nitrogen and oxygen atoms in total. The van der Waals surface area contributed by atoms with Crippen LogP contribution in [0.25, 0.3) is 0 Å². The first kappa shape index (κ1) is 9.20. The second-order valence-corrected chi connectivity index (χ2v) is 3.25. The van der Waals surface area contributed by atoms with Crippen LogP contribution in [0.4, 0.5) is 4.39 Å². The molecule has 0 radical (unpaired) electrons. The van der Waals surface area contributed by atoms with Crippen molar-refractivity contribution in [3.05, 3.63) is 35.1 Å². The molecule has 0 unspecified atom stereocenters. The van der Waals surface area contributed by atoms with Crippen molar-refractivity contribution in [2.24, 2.45) is 5.73 Å². The predicted molar refractivity (Wildman–Crippen MR) is 48.5 cm³/mol. The molecular formula is C10H14FN. The lowest BCUT2D eigenvalue weighted by Crippen LogP contribution is -2.18. The Morgan fingerprint density at radius 3 is 2.75 bits per heavy atom. The third-order valence-electron chi connectivity index (χ3n) is 1.85. The van der Waals surface area contributed by atoms with E-state index in [0.717, 1.165) is 17.5 Å². The first-order valence-electron chi connectivity index (χ1n) is 4.10. The van der Waals surface area contributed by atoms with Crippen LogP contribution in [0.15, 0.2) is 18.2 Å². The minimum atomic E-state index is -0.184. The molecular weight excluding hydrogens is 153 g/mol. The summed E-state index contributed by atoms with van der Waals surface area (Å²) in [6.07, 6.45) is 0.740. The lowest BCUT2D eigenvalue weighted by Gasteiger charge is -2.08. The van der Waals surface area contributed by atoms with Gasteiger partial charge in [0, 0.05) is 6.04 Å². The molecule has 1 rings (SSSR count). The summed E-state index contributed by atoms with van der Waals surface area (Å²) < 4.78 is 12.8. The summed E-state index contributed by atoms with van der Waals surface area (Å²) >= 11 is 0. The summed E-state index contributed by atoms with van der Waals surface area (Å²) in [5.74, 6) is -0.184. The minimum Gasteiger partial charge on any atom is -0.328 e. The summed E-state index contributed by atoms with van der Waals surface area (Å²) in [5.41, 5.74) is 7.73. The lowest BCUT2D eigenvalue weighted by atomic mass is 10.0. The number of halogens is 1. The fraction of sp³-hybridized carbons (Fsp3) is 0.400. The van der Waals surface area contributed by atoms with Gasteiger partial charge >= 0.3 is 0 Å². The van der Waals surface area contributed by atoms with E-state index in [2.05, 4.69) is 0 Å². The van der Waals surface area contributed by atoms with Gasteiger partial charge < -0.3 is 5.73 Å². The Bertz CT molecular complexity index is 269. The molecule has 66 valence electrons. The van der Waals surface area contributed by atoms with Crippen LogP contribution < -0.4 is 5.73 Å². The number of rotatable bonds is 2. The lowest BCUT2D eigenvalue weighted by molar-refractivity contribution is 0.622. The summed E-state index contributed by atoms with van der Waals surface area (Å²) in [4.78, 5) is 0. The van der Waals surface area contributed by atoms with E-state index in [-0.39, 0.29) is 11.9 Å². The second kappa shape index (κ2) is 3.68. The maximum atomic E-state index is 12.8. The summed E-state index contributed by atoms with van der Waals surface area (Å²) in [5, 5.41) is 0. The Hall–Kier alpha value is -0.890. The summed E-state index contributed by atoms with van der Waals surface area (Å²) in [7, 11) is 0. The highest BCUT2D eigenvalue weighted by Gasteiger charge is 2.02. The molecule has 0 aliphatic rings. The molecule has 1 aromatic rings. The smallest absolute Gasteiger partial charge is 0.123 e. The molecule has 0 bridgehead atoms. The van der Waals surface area contributed by atoms with Crippen LogP contribution in [0.2, 0.25) is 0 Å². The van der Waals surface area contributed by atoms with Crippen molar-refractivity contribution < 1.29 is 4.39 Å². The Balaban J connectivity index is 2.90. The van der Waals surface area contributed by atoms with Crippen LogP contribution in [0, 0.1) is 12.7 Å². The zero-order chi connectivity index (χ0) is 9.14. The van der Waals surface area contributed by atoms with Gasteiger partial charge in [0.05, 0.1) is 0 Å². The van der Waals surface area contributed by atoms with Crippen LogP contribution in [0.1, 0.15) is 18.1 Å². The van der Waals surface area contributed by atoms with Gasteiger partial charge in [-0.15, -0.1) is 0 Å². The van der Waals surface area contributed by atoms with Gasteiger partial charge in [-0.1, -0.05) is 6.07 Å². The first-order valence-corrected chi connectivity index (χ1v) is 4.10. The van der Waals surface area contributed by atoms with E-state index in [4.69, 9.17) is 5.73 Å². The molecule has 0 heterocycles. The first-order chi connectivity index (χ1) is 5.59. The van der Waals surface area contributed by atoms with Crippen molar-refractivity contribution in [3.63, 3.8) is 0 Å². The Morgan fingerprint density at radius 2 is 2.17 bits per heavy atom. The van der Waals surface area contributed by atoms with Gasteiger partial charge in [-0.25, -0.2) is 4.39 Å². The number of hydrogen-bond donors (Lipinski definition) is 1. The van der Waals surface area contributed by atoms with Crippen LogP contribution in [-0.4, -0.2) is 6.04 Å². The zero-order valence-corrected chi connectivity index (χ0v) is 7.47. The molecule has 2 heteroatoms. The molecule has 0 aromatic heterocycles. The Kier molecular flexibility index (Phi) is 2.82. The van der Waals surface area contributed by atoms with Crippen molar-refractivity contribution in [2.75, 3.05) is 0 Å². The molecule has 0 saturated carbocycles. The second-order valence-electron chi connectivity index (χ2n) is 3.25. The largest absolute Gasteiger partial charge is 0.328 e. The fourth-order valence-electron chi connectivity index (χ4n) is 1.21. The number of nitrogens with two attached hydrogens (primary N) is 1. The topological polar surface area (TPSA) is 26.0 Å². The quantitative estimate of drug-likeness (QED) is 0.716. The predicted octanol–water partition coefficient (Wildman–Crippen LogP) is 2.02. The fourth-order valence-corrected chi connectivity index (χ4v) is 1.21. The Morgan fingerprint density at radius 1 is 1.50 bits per heavy atom. The van der Waals surface area contributed by atoms with Gasteiger partial charge in [0.25, 0.3) is 0 Å². The minimum absolute atomic E-state index is 0.0884. The molecule has 0 aliphatic carbocycles. The van der Waals surface area contributed by atoms with E-state index in [0.29, 0.717) is 0 Å². The average Bonchev–Trinajstić information content (AvgIpc) is 1.96. The third-order valence-corrected chi connectivity index (χ3v) is 1.85. The van der Waals surface area contributed by atoms with Gasteiger partial charge in [0.1, 0.15) is 5.82 Å². The highest BCUT2D eigenvalue weighted by atomic mass is 19.1. The molecule has 0 saturated heterocycles. The highest BCUT2D eigenvalue weighted by molar-refractivity contribution is 5.27. The van der Waals surface area contributed by atoms with Crippen molar-refractivity contribution in [1.29, 1.82) is 0 Å². The summed E-state index contributed by atoms with van der Waals surface area (Å²) in [6.45, 7) is 3.89. The van der Waals surface area contributed by atoms with E-state index in [1.54, 1.807) is 12.1 Å². The van der Waals surface area contributed by atoms with Crippen LogP contribution >= 0.6 is 0 Å². The van der Waals surface area contributed by atoms with Crippen LogP contribution in [0.5, 0.6) is 0 Å². The highest BCUT2D eigenvalue weighted by Crippen LogP contribution is 2.11. The van der Waals surface area contributed by atoms with E-state index in [9.17, 15) is 4.39 Å². The maximum Gasteiger partial charge on any atom is 0.123 e. The van der Waals surface area contributed by atoms with Gasteiger partial charge in [-0.3, -0.25) is 0 Å². The molecule has 0 fully saturated rings. The van der Waals surface area contributed by atoms with Crippen molar-refractivity contribution in [1.82, 2.24) is 0 Å². The average molecular weight is 167 g/mol. The molecule has 0 amide bonds. The Labute approximate surface area is 72.4 Å². The van der Waals surface area contributed by atoms with E-state index >= 15 is 0 Å². The SMILES string of the molecule is Cc1ccc(F)cc1C[C@@H](C)N. The monoisotopic (exact) mass is 167 g/mol. The maximum absolute atomic E-state index is 12.8. The molecule has 0 aliphatic heterocycles. The molecule has 0 spiro atoms. The van der Waals surface area contributed by atoms with Crippen molar-refractivity contribution in [3.8, 4) is 0 Å². The summed E-state index contributed by atoms with van der Waals surface area (Å²) in [6, 6.07) is 4.90. The molecule has 1 aromatic carbocycles. The number of aryl methyl sites for hydroxylation is 1. The van der Waals surface area contributed by atoms with Crippen molar-refractivity contribution in [2.45, 2.75) is 26.3 Å². The molecule has 1 atom stereocenters. The van der Waals surface area contributed by atoms with Gasteiger partial charge in [0.2, 0.25) is 0 Å². The zero-order valence-electron chi connectivity index (χ0n) is 7.47. The van der Waals surface area contributed by atoms with Gasteiger partial charge in [0.15, 0.2) is 0 Å². The normalized spacial score (nSPS) is 13.0. The van der Waals surface area contributed by atoms with E-state index < -0.39 is 0 Å².